The van der Waals surface area contributed by atoms with E-state index in [0.29, 0.717) is 28.3 Å². The number of hydrogen-bond donors (Lipinski definition) is 3. The number of benzene rings is 1. The van der Waals surface area contributed by atoms with Crippen molar-refractivity contribution in [3.8, 4) is 0 Å². The highest BCUT2D eigenvalue weighted by atomic mass is 35.5. The van der Waals surface area contributed by atoms with Gasteiger partial charge in [0.1, 0.15) is 17.6 Å². The molecule has 0 spiro atoms. The van der Waals surface area contributed by atoms with Crippen molar-refractivity contribution >= 4 is 35.3 Å². The Balaban J connectivity index is 1.60. The lowest BCUT2D eigenvalue weighted by molar-refractivity contribution is -0.118. The third kappa shape index (κ3) is 6.69. The molecular weight excluding hydrogens is 552 g/mol. The van der Waals surface area contributed by atoms with Crippen LogP contribution in [0.4, 0.5) is 19.4 Å². The highest BCUT2D eigenvalue weighted by molar-refractivity contribution is 6.30. The lowest BCUT2D eigenvalue weighted by Gasteiger charge is -2.38. The normalized spacial score (nSPS) is 16.1. The van der Waals surface area contributed by atoms with Gasteiger partial charge in [-0.25, -0.2) is 23.2 Å². The van der Waals surface area contributed by atoms with Gasteiger partial charge in [0.2, 0.25) is 0 Å². The molecule has 40 heavy (non-hydrogen) atoms. The zero-order chi connectivity index (χ0) is 28.9. The Morgan fingerprint density at radius 2 is 2.05 bits per heavy atom. The second-order valence-corrected chi connectivity index (χ2v) is 9.39. The van der Waals surface area contributed by atoms with Crippen LogP contribution in [0.3, 0.4) is 0 Å². The van der Waals surface area contributed by atoms with Gasteiger partial charge < -0.3 is 25.6 Å². The number of ether oxygens (including phenoxy) is 1. The summed E-state index contributed by atoms with van der Waals surface area (Å²) in [5, 5.41) is 15.1. The van der Waals surface area contributed by atoms with Crippen molar-refractivity contribution in [1.82, 2.24) is 30.8 Å². The van der Waals surface area contributed by atoms with Gasteiger partial charge in [-0.05, 0) is 47.0 Å². The van der Waals surface area contributed by atoms with Crippen LogP contribution >= 0.6 is 11.6 Å². The number of nitrogens with zero attached hydrogens (tertiary/aromatic N) is 4. The van der Waals surface area contributed by atoms with Crippen LogP contribution in [-0.4, -0.2) is 70.8 Å². The van der Waals surface area contributed by atoms with Crippen LogP contribution in [-0.2, 0) is 16.0 Å². The number of amides is 4. The Bertz CT molecular complexity index is 1390. The summed E-state index contributed by atoms with van der Waals surface area (Å²) in [5.74, 6) is -4.47. The van der Waals surface area contributed by atoms with Crippen LogP contribution in [0.1, 0.15) is 46.3 Å². The monoisotopic (exact) mass is 577 g/mol. The molecule has 2 atom stereocenters. The molecule has 1 aliphatic rings. The molecule has 0 aliphatic carbocycles. The highest BCUT2D eigenvalue weighted by Crippen LogP contribution is 2.29. The molecule has 1 saturated heterocycles. The van der Waals surface area contributed by atoms with Crippen molar-refractivity contribution in [2.45, 2.75) is 31.4 Å². The predicted octanol–water partition coefficient (Wildman–Crippen LogP) is 3.14. The second kappa shape index (κ2) is 12.3. The number of aromatic nitrogens is 3. The number of halogens is 3. The van der Waals surface area contributed by atoms with Crippen molar-refractivity contribution in [3.05, 3.63) is 70.1 Å². The molecule has 12 nitrogen and oxygen atoms in total. The molecule has 1 aromatic carbocycles. The SMILES string of the molecule is CCc1nonc1C(=O)N[C@H](C(=O)Nc1cc([C@@H](COC)N2CC(F)(F)CNC2=O)ccn1)c1cccc(Cl)c1. The summed E-state index contributed by atoms with van der Waals surface area (Å²) in [4.78, 5) is 44.0. The number of aryl methyl sites for hydroxylation is 1. The van der Waals surface area contributed by atoms with Gasteiger partial charge in [-0.2, -0.15) is 0 Å². The predicted molar refractivity (Wildman–Crippen MR) is 138 cm³/mol. The Hall–Kier alpha value is -4.17. The summed E-state index contributed by atoms with van der Waals surface area (Å²) in [6.45, 7) is 0.103. The maximum Gasteiger partial charge on any atom is 0.318 e. The number of pyridine rings is 1. The van der Waals surface area contributed by atoms with E-state index >= 15 is 0 Å². The number of urea groups is 1. The molecular formula is C25H26ClF2N7O5. The summed E-state index contributed by atoms with van der Waals surface area (Å²) < 4.78 is 38.1. The number of hydrogen-bond acceptors (Lipinski definition) is 8. The third-order valence-corrected chi connectivity index (χ3v) is 6.34. The topological polar surface area (TPSA) is 152 Å². The minimum absolute atomic E-state index is 0.0476. The zero-order valence-corrected chi connectivity index (χ0v) is 22.2. The number of methoxy groups -OCH3 is 1. The molecule has 3 heterocycles. The van der Waals surface area contributed by atoms with Crippen molar-refractivity contribution < 1.29 is 32.5 Å². The third-order valence-electron chi connectivity index (χ3n) is 6.11. The van der Waals surface area contributed by atoms with Crippen LogP contribution < -0.4 is 16.0 Å². The van der Waals surface area contributed by atoms with Crippen LogP contribution in [0.2, 0.25) is 5.02 Å². The van der Waals surface area contributed by atoms with Crippen LogP contribution in [0.25, 0.3) is 0 Å². The lowest BCUT2D eigenvalue weighted by atomic mass is 10.0. The van der Waals surface area contributed by atoms with Crippen LogP contribution in [0, 0.1) is 0 Å². The Labute approximate surface area is 232 Å². The van der Waals surface area contributed by atoms with Gasteiger partial charge >= 0.3 is 6.03 Å². The number of alkyl halides is 2. The van der Waals surface area contributed by atoms with Gasteiger partial charge in [0.25, 0.3) is 17.7 Å². The van der Waals surface area contributed by atoms with E-state index in [-0.39, 0.29) is 18.1 Å². The van der Waals surface area contributed by atoms with Gasteiger partial charge in [0, 0.05) is 18.3 Å². The summed E-state index contributed by atoms with van der Waals surface area (Å²) in [6.07, 6.45) is 1.73. The maximum atomic E-state index is 14.1. The minimum atomic E-state index is -3.14. The van der Waals surface area contributed by atoms with E-state index in [2.05, 4.69) is 35.9 Å². The number of anilines is 1. The molecule has 0 bridgehead atoms. The first-order valence-corrected chi connectivity index (χ1v) is 12.6. The van der Waals surface area contributed by atoms with E-state index in [0.717, 1.165) is 4.90 Å². The van der Waals surface area contributed by atoms with Gasteiger partial charge in [0.15, 0.2) is 5.69 Å². The van der Waals surface area contributed by atoms with E-state index in [9.17, 15) is 23.2 Å². The van der Waals surface area contributed by atoms with Gasteiger partial charge in [-0.3, -0.25) is 9.59 Å². The Morgan fingerprint density at radius 1 is 1.25 bits per heavy atom. The standard InChI is InChI=1S/C25H26ClF2N7O5/c1-3-17-21(34-40-33-17)23(37)32-20(15-5-4-6-16(26)9-15)22(36)31-19-10-14(7-8-29-19)18(11-39-2)35-13-25(27,28)12-30-24(35)38/h4-10,18,20H,3,11-13H2,1-2H3,(H,30,38)(H,32,37)(H,29,31,36)/t18-,20+/m1/s1. The smallest absolute Gasteiger partial charge is 0.318 e. The summed E-state index contributed by atoms with van der Waals surface area (Å²) in [7, 11) is 1.38. The Kier molecular flexibility index (Phi) is 8.90. The fourth-order valence-corrected chi connectivity index (χ4v) is 4.38. The lowest BCUT2D eigenvalue weighted by Crippen LogP contribution is -2.58. The van der Waals surface area contributed by atoms with Crippen molar-refractivity contribution in [2.24, 2.45) is 0 Å². The molecule has 0 saturated carbocycles. The van der Waals surface area contributed by atoms with E-state index in [4.69, 9.17) is 16.3 Å². The molecule has 212 valence electrons. The average Bonchev–Trinajstić information content (AvgIpc) is 3.41. The van der Waals surface area contributed by atoms with Crippen molar-refractivity contribution in [3.63, 3.8) is 0 Å². The largest absolute Gasteiger partial charge is 0.382 e. The molecule has 3 aromatic rings. The zero-order valence-electron chi connectivity index (χ0n) is 21.5. The first-order valence-electron chi connectivity index (χ1n) is 12.2. The number of carbonyl (C=O) groups excluding carboxylic acids is 3. The van der Waals surface area contributed by atoms with Crippen LogP contribution in [0.5, 0.6) is 0 Å². The first-order chi connectivity index (χ1) is 19.1. The molecule has 2 aromatic heterocycles. The average molecular weight is 578 g/mol. The molecule has 1 fully saturated rings. The molecule has 0 unspecified atom stereocenters. The van der Waals surface area contributed by atoms with Crippen molar-refractivity contribution in [1.29, 1.82) is 0 Å². The van der Waals surface area contributed by atoms with Gasteiger partial charge in [-0.15, -0.1) is 0 Å². The molecule has 1 aliphatic heterocycles. The molecule has 15 heteroatoms. The van der Waals surface area contributed by atoms with E-state index in [1.165, 1.54) is 31.5 Å². The Morgan fingerprint density at radius 3 is 2.77 bits per heavy atom. The fourth-order valence-electron chi connectivity index (χ4n) is 4.18. The fraction of sp³-hybridized carbons (Fsp3) is 0.360. The van der Waals surface area contributed by atoms with Crippen molar-refractivity contribution in [2.75, 3.05) is 32.1 Å². The molecule has 0 radical (unpaired) electrons. The summed E-state index contributed by atoms with van der Waals surface area (Å²) in [5.41, 5.74) is 1.01. The van der Waals surface area contributed by atoms with Crippen LogP contribution in [0.15, 0.2) is 47.2 Å². The number of nitrogens with one attached hydrogen (secondary N) is 3. The number of carbonyl (C=O) groups is 3. The second-order valence-electron chi connectivity index (χ2n) is 8.95. The quantitative estimate of drug-likeness (QED) is 0.332. The van der Waals surface area contributed by atoms with Gasteiger partial charge in [0.05, 0.1) is 25.7 Å². The van der Waals surface area contributed by atoms with E-state index < -0.39 is 48.9 Å². The first kappa shape index (κ1) is 28.8. The summed E-state index contributed by atoms with van der Waals surface area (Å²) >= 11 is 6.13. The summed E-state index contributed by atoms with van der Waals surface area (Å²) in [6, 6.07) is 6.51. The highest BCUT2D eigenvalue weighted by Gasteiger charge is 2.42. The molecule has 4 amide bonds. The van der Waals surface area contributed by atoms with E-state index in [1.807, 2.05) is 0 Å². The molecule has 3 N–H and O–H groups in total. The molecule has 4 rings (SSSR count). The minimum Gasteiger partial charge on any atom is -0.382 e. The van der Waals surface area contributed by atoms with Gasteiger partial charge in [-0.1, -0.05) is 35.8 Å². The maximum absolute atomic E-state index is 14.1. The number of rotatable bonds is 10. The van der Waals surface area contributed by atoms with E-state index in [1.54, 1.807) is 25.1 Å².